The summed E-state index contributed by atoms with van der Waals surface area (Å²) in [5.74, 6) is 0.869. The Bertz CT molecular complexity index is 442. The Balaban J connectivity index is 2.08. The lowest BCUT2D eigenvalue weighted by molar-refractivity contribution is 0.414. The van der Waals surface area contributed by atoms with Crippen LogP contribution in [0, 0.1) is 0 Å². The Morgan fingerprint density at radius 2 is 2.38 bits per heavy atom. The maximum absolute atomic E-state index is 6.09. The zero-order chi connectivity index (χ0) is 11.4. The van der Waals surface area contributed by atoms with E-state index in [1.807, 2.05) is 24.4 Å². The molecule has 2 aromatic rings. The molecule has 0 saturated heterocycles. The maximum atomic E-state index is 6.09. The van der Waals surface area contributed by atoms with Crippen molar-refractivity contribution in [2.75, 3.05) is 7.11 Å². The average molecular weight is 234 g/mol. The van der Waals surface area contributed by atoms with Gasteiger partial charge in [0.2, 0.25) is 0 Å². The highest BCUT2D eigenvalue weighted by Gasteiger charge is 2.08. The Hall–Kier alpha value is -1.39. The van der Waals surface area contributed by atoms with E-state index < -0.39 is 0 Å². The summed E-state index contributed by atoms with van der Waals surface area (Å²) in [6.07, 6.45) is 2.63. The maximum Gasteiger partial charge on any atom is 0.119 e. The van der Waals surface area contributed by atoms with Crippen LogP contribution >= 0.6 is 11.3 Å². The summed E-state index contributed by atoms with van der Waals surface area (Å²) in [4.78, 5) is 5.15. The van der Waals surface area contributed by atoms with Gasteiger partial charge < -0.3 is 10.5 Å². The summed E-state index contributed by atoms with van der Waals surface area (Å²) >= 11 is 1.59. The predicted octanol–water partition coefficient (Wildman–Crippen LogP) is 2.39. The molecule has 0 spiro atoms. The second-order valence-electron chi connectivity index (χ2n) is 3.57. The van der Waals surface area contributed by atoms with Gasteiger partial charge in [0.1, 0.15) is 5.75 Å². The SMILES string of the molecule is COc1cccc(CC(N)c2cncs2)c1. The Labute approximate surface area is 98.9 Å². The molecule has 0 amide bonds. The van der Waals surface area contributed by atoms with Gasteiger partial charge in [0.05, 0.1) is 12.6 Å². The third-order valence-corrected chi connectivity index (χ3v) is 3.31. The molecule has 0 radical (unpaired) electrons. The number of benzene rings is 1. The summed E-state index contributed by atoms with van der Waals surface area (Å²) in [5.41, 5.74) is 9.08. The fraction of sp³-hybridized carbons (Fsp3) is 0.250. The molecule has 84 valence electrons. The third kappa shape index (κ3) is 2.59. The molecule has 1 aromatic heterocycles. The van der Waals surface area contributed by atoms with Crippen LogP contribution in [0.3, 0.4) is 0 Å². The number of rotatable bonds is 4. The van der Waals surface area contributed by atoms with Crippen LogP contribution in [0.15, 0.2) is 36.0 Å². The summed E-state index contributed by atoms with van der Waals surface area (Å²) in [6.45, 7) is 0. The third-order valence-electron chi connectivity index (χ3n) is 2.41. The second kappa shape index (κ2) is 5.09. The van der Waals surface area contributed by atoms with E-state index in [9.17, 15) is 0 Å². The van der Waals surface area contributed by atoms with Gasteiger partial charge in [-0.1, -0.05) is 12.1 Å². The zero-order valence-electron chi connectivity index (χ0n) is 9.09. The normalized spacial score (nSPS) is 12.4. The molecule has 1 atom stereocenters. The van der Waals surface area contributed by atoms with Crippen LogP contribution in [-0.2, 0) is 6.42 Å². The number of thiazole rings is 1. The molecule has 1 aromatic carbocycles. The number of hydrogen-bond acceptors (Lipinski definition) is 4. The van der Waals surface area contributed by atoms with Crippen molar-refractivity contribution in [2.45, 2.75) is 12.5 Å². The second-order valence-corrected chi connectivity index (χ2v) is 4.48. The first-order valence-electron chi connectivity index (χ1n) is 5.06. The van der Waals surface area contributed by atoms with Crippen LogP contribution in [0.5, 0.6) is 5.75 Å². The van der Waals surface area contributed by atoms with Crippen molar-refractivity contribution in [1.29, 1.82) is 0 Å². The Morgan fingerprint density at radius 1 is 1.50 bits per heavy atom. The molecule has 1 unspecified atom stereocenters. The highest BCUT2D eigenvalue weighted by atomic mass is 32.1. The lowest BCUT2D eigenvalue weighted by atomic mass is 10.1. The largest absolute Gasteiger partial charge is 0.497 e. The number of hydrogen-bond donors (Lipinski definition) is 1. The first kappa shape index (κ1) is 11.1. The van der Waals surface area contributed by atoms with Crippen molar-refractivity contribution in [2.24, 2.45) is 5.73 Å². The van der Waals surface area contributed by atoms with Crippen molar-refractivity contribution >= 4 is 11.3 Å². The van der Waals surface area contributed by atoms with E-state index in [1.54, 1.807) is 24.0 Å². The van der Waals surface area contributed by atoms with Gasteiger partial charge in [-0.3, -0.25) is 4.98 Å². The molecule has 0 aliphatic carbocycles. The number of nitrogens with two attached hydrogens (primary N) is 1. The number of methoxy groups -OCH3 is 1. The molecule has 3 nitrogen and oxygen atoms in total. The van der Waals surface area contributed by atoms with Gasteiger partial charge >= 0.3 is 0 Å². The first-order chi connectivity index (χ1) is 7.79. The number of ether oxygens (including phenoxy) is 1. The first-order valence-corrected chi connectivity index (χ1v) is 5.94. The minimum Gasteiger partial charge on any atom is -0.497 e. The van der Waals surface area contributed by atoms with E-state index in [4.69, 9.17) is 10.5 Å². The quantitative estimate of drug-likeness (QED) is 0.883. The van der Waals surface area contributed by atoms with E-state index in [1.165, 1.54) is 5.56 Å². The van der Waals surface area contributed by atoms with Gasteiger partial charge in [0.15, 0.2) is 0 Å². The molecule has 2 rings (SSSR count). The number of aromatic nitrogens is 1. The van der Waals surface area contributed by atoms with Crippen LogP contribution in [0.4, 0.5) is 0 Å². The highest BCUT2D eigenvalue weighted by molar-refractivity contribution is 7.09. The summed E-state index contributed by atoms with van der Waals surface area (Å²) in [6, 6.07) is 8.00. The summed E-state index contributed by atoms with van der Waals surface area (Å²) < 4.78 is 5.18. The van der Waals surface area contributed by atoms with Gasteiger partial charge in [0, 0.05) is 17.1 Å². The summed E-state index contributed by atoms with van der Waals surface area (Å²) in [5, 5.41) is 0. The Morgan fingerprint density at radius 3 is 3.06 bits per heavy atom. The molecule has 1 heterocycles. The lowest BCUT2D eigenvalue weighted by Gasteiger charge is -2.09. The van der Waals surface area contributed by atoms with Crippen molar-refractivity contribution in [3.05, 3.63) is 46.4 Å². The standard InChI is InChI=1S/C12H14N2OS/c1-15-10-4-2-3-9(5-10)6-11(13)12-7-14-8-16-12/h2-5,7-8,11H,6,13H2,1H3. The Kier molecular flexibility index (Phi) is 3.54. The van der Waals surface area contributed by atoms with Crippen LogP contribution in [0.2, 0.25) is 0 Å². The fourth-order valence-electron chi connectivity index (χ4n) is 1.56. The monoisotopic (exact) mass is 234 g/mol. The van der Waals surface area contributed by atoms with Crippen LogP contribution in [-0.4, -0.2) is 12.1 Å². The van der Waals surface area contributed by atoms with E-state index in [0.29, 0.717) is 0 Å². The van der Waals surface area contributed by atoms with Gasteiger partial charge in [-0.25, -0.2) is 0 Å². The van der Waals surface area contributed by atoms with Crippen molar-refractivity contribution < 1.29 is 4.74 Å². The van der Waals surface area contributed by atoms with Crippen molar-refractivity contribution in [1.82, 2.24) is 4.98 Å². The van der Waals surface area contributed by atoms with Crippen LogP contribution < -0.4 is 10.5 Å². The molecule has 4 heteroatoms. The average Bonchev–Trinajstić information content (AvgIpc) is 2.83. The van der Waals surface area contributed by atoms with Gasteiger partial charge in [-0.05, 0) is 24.1 Å². The van der Waals surface area contributed by atoms with Crippen LogP contribution in [0.25, 0.3) is 0 Å². The molecule has 0 bridgehead atoms. The molecule has 0 saturated carbocycles. The minimum atomic E-state index is 0.0135. The predicted molar refractivity (Wildman–Crippen MR) is 65.7 cm³/mol. The highest BCUT2D eigenvalue weighted by Crippen LogP contribution is 2.21. The molecule has 0 aliphatic rings. The molecule has 0 aliphatic heterocycles. The van der Waals surface area contributed by atoms with E-state index in [2.05, 4.69) is 11.1 Å². The topological polar surface area (TPSA) is 48.1 Å². The molecule has 0 fully saturated rings. The van der Waals surface area contributed by atoms with Crippen LogP contribution in [0.1, 0.15) is 16.5 Å². The zero-order valence-corrected chi connectivity index (χ0v) is 9.91. The molecule has 2 N–H and O–H groups in total. The van der Waals surface area contributed by atoms with Crippen molar-refractivity contribution in [3.8, 4) is 5.75 Å². The smallest absolute Gasteiger partial charge is 0.119 e. The van der Waals surface area contributed by atoms with Gasteiger partial charge in [-0.15, -0.1) is 11.3 Å². The molecular weight excluding hydrogens is 220 g/mol. The van der Waals surface area contributed by atoms with Gasteiger partial charge in [-0.2, -0.15) is 0 Å². The molecule has 16 heavy (non-hydrogen) atoms. The number of nitrogens with zero attached hydrogens (tertiary/aromatic N) is 1. The van der Waals surface area contributed by atoms with E-state index >= 15 is 0 Å². The molecular formula is C12H14N2OS. The fourth-order valence-corrected chi connectivity index (χ4v) is 2.19. The summed E-state index contributed by atoms with van der Waals surface area (Å²) in [7, 11) is 1.67. The van der Waals surface area contributed by atoms with Crippen molar-refractivity contribution in [3.63, 3.8) is 0 Å². The van der Waals surface area contributed by atoms with E-state index in [0.717, 1.165) is 17.0 Å². The van der Waals surface area contributed by atoms with Gasteiger partial charge in [0.25, 0.3) is 0 Å². The lowest BCUT2D eigenvalue weighted by Crippen LogP contribution is -2.11. The minimum absolute atomic E-state index is 0.0135. The van der Waals surface area contributed by atoms with E-state index in [-0.39, 0.29) is 6.04 Å².